The topological polar surface area (TPSA) is 21.3 Å². The molecule has 5 heteroatoms. The van der Waals surface area contributed by atoms with Crippen molar-refractivity contribution >= 4 is 0 Å². The molecule has 1 N–H and O–H groups in total. The molecule has 21 heavy (non-hydrogen) atoms. The van der Waals surface area contributed by atoms with E-state index < -0.39 is 6.61 Å². The van der Waals surface area contributed by atoms with Gasteiger partial charge in [0.05, 0.1) is 0 Å². The van der Waals surface area contributed by atoms with Gasteiger partial charge in [-0.2, -0.15) is 8.78 Å². The van der Waals surface area contributed by atoms with E-state index in [2.05, 4.69) is 10.1 Å². The fourth-order valence-electron chi connectivity index (χ4n) is 2.06. The van der Waals surface area contributed by atoms with Crippen LogP contribution in [-0.2, 0) is 6.54 Å². The van der Waals surface area contributed by atoms with Crippen LogP contribution in [0.3, 0.4) is 0 Å². The molecule has 112 valence electrons. The summed E-state index contributed by atoms with van der Waals surface area (Å²) in [4.78, 5) is 0. The van der Waals surface area contributed by atoms with Gasteiger partial charge < -0.3 is 10.1 Å². The van der Waals surface area contributed by atoms with Gasteiger partial charge in [0.2, 0.25) is 0 Å². The van der Waals surface area contributed by atoms with Gasteiger partial charge in [0.25, 0.3) is 0 Å². The van der Waals surface area contributed by atoms with Gasteiger partial charge in [0.1, 0.15) is 11.6 Å². The van der Waals surface area contributed by atoms with Gasteiger partial charge in [-0.3, -0.25) is 0 Å². The third kappa shape index (κ3) is 4.23. The van der Waals surface area contributed by atoms with Gasteiger partial charge >= 0.3 is 6.61 Å². The van der Waals surface area contributed by atoms with E-state index in [1.807, 2.05) is 6.92 Å². The fraction of sp³-hybridized carbons (Fsp3) is 0.250. The molecule has 2 aromatic carbocycles. The predicted molar refractivity (Wildman–Crippen MR) is 74.7 cm³/mol. The minimum Gasteiger partial charge on any atom is -0.434 e. The summed E-state index contributed by atoms with van der Waals surface area (Å²) in [6.07, 6.45) is 0. The molecule has 0 saturated carbocycles. The largest absolute Gasteiger partial charge is 0.434 e. The Bertz CT molecular complexity index is 589. The van der Waals surface area contributed by atoms with E-state index in [1.54, 1.807) is 36.4 Å². The van der Waals surface area contributed by atoms with E-state index in [0.717, 1.165) is 0 Å². The number of hydrogen-bond acceptors (Lipinski definition) is 2. The van der Waals surface area contributed by atoms with Crippen molar-refractivity contribution in [1.82, 2.24) is 5.32 Å². The smallest absolute Gasteiger partial charge is 0.387 e. The Morgan fingerprint density at radius 1 is 1.05 bits per heavy atom. The molecule has 0 saturated heterocycles. The third-order valence-corrected chi connectivity index (χ3v) is 3.16. The summed E-state index contributed by atoms with van der Waals surface area (Å²) in [6, 6.07) is 12.8. The Hall–Kier alpha value is -2.01. The van der Waals surface area contributed by atoms with Crippen LogP contribution in [0.15, 0.2) is 48.5 Å². The van der Waals surface area contributed by atoms with Crippen molar-refractivity contribution < 1.29 is 17.9 Å². The van der Waals surface area contributed by atoms with Crippen molar-refractivity contribution in [3.8, 4) is 5.75 Å². The normalized spacial score (nSPS) is 12.4. The second kappa shape index (κ2) is 7.13. The molecule has 2 nitrogen and oxygen atoms in total. The molecule has 0 aliphatic heterocycles. The number of para-hydroxylation sites is 1. The zero-order chi connectivity index (χ0) is 15.2. The molecule has 0 aliphatic carbocycles. The van der Waals surface area contributed by atoms with Gasteiger partial charge in [-0.1, -0.05) is 36.4 Å². The van der Waals surface area contributed by atoms with E-state index in [-0.39, 0.29) is 17.6 Å². The molecule has 0 amide bonds. The lowest BCUT2D eigenvalue weighted by Crippen LogP contribution is -2.19. The van der Waals surface area contributed by atoms with Crippen LogP contribution in [0.2, 0.25) is 0 Å². The molecule has 0 spiro atoms. The summed E-state index contributed by atoms with van der Waals surface area (Å²) >= 11 is 0. The molecule has 2 rings (SSSR count). The minimum absolute atomic E-state index is 0.126. The Morgan fingerprint density at radius 2 is 1.71 bits per heavy atom. The minimum atomic E-state index is -2.87. The summed E-state index contributed by atoms with van der Waals surface area (Å²) < 4.78 is 42.8. The molecule has 2 aromatic rings. The van der Waals surface area contributed by atoms with E-state index >= 15 is 0 Å². The zero-order valence-corrected chi connectivity index (χ0v) is 11.5. The summed E-state index contributed by atoms with van der Waals surface area (Å²) in [7, 11) is 0. The highest BCUT2D eigenvalue weighted by Gasteiger charge is 2.12. The molecular weight excluding hydrogens is 279 g/mol. The number of hydrogen-bond donors (Lipinski definition) is 1. The molecular formula is C16H16F3NO. The van der Waals surface area contributed by atoms with E-state index in [9.17, 15) is 13.2 Å². The van der Waals surface area contributed by atoms with Crippen LogP contribution in [0.4, 0.5) is 13.2 Å². The van der Waals surface area contributed by atoms with E-state index in [4.69, 9.17) is 0 Å². The summed E-state index contributed by atoms with van der Waals surface area (Å²) in [5.41, 5.74) is 1.13. The first-order chi connectivity index (χ1) is 10.1. The van der Waals surface area contributed by atoms with Crippen molar-refractivity contribution in [3.05, 3.63) is 65.5 Å². The summed E-state index contributed by atoms with van der Waals surface area (Å²) in [5.74, 6) is -0.171. The molecule has 0 fully saturated rings. The first-order valence-corrected chi connectivity index (χ1v) is 6.58. The Balaban J connectivity index is 2.05. The molecule has 0 heterocycles. The number of benzene rings is 2. The van der Waals surface area contributed by atoms with Crippen LogP contribution in [-0.4, -0.2) is 6.61 Å². The van der Waals surface area contributed by atoms with Gasteiger partial charge in [0, 0.05) is 23.7 Å². The number of rotatable bonds is 6. The van der Waals surface area contributed by atoms with Crippen LogP contribution >= 0.6 is 0 Å². The first-order valence-electron chi connectivity index (χ1n) is 6.58. The van der Waals surface area contributed by atoms with Crippen molar-refractivity contribution in [2.75, 3.05) is 0 Å². The first kappa shape index (κ1) is 15.4. The number of alkyl halides is 2. The summed E-state index contributed by atoms with van der Waals surface area (Å²) in [6.45, 7) is -0.747. The Morgan fingerprint density at radius 3 is 2.43 bits per heavy atom. The maximum absolute atomic E-state index is 13.7. The number of halogens is 3. The quantitative estimate of drug-likeness (QED) is 0.859. The lowest BCUT2D eigenvalue weighted by molar-refractivity contribution is -0.0505. The fourth-order valence-corrected chi connectivity index (χ4v) is 2.06. The SMILES string of the molecule is C[C@@H](NCc1ccccc1OC(F)F)c1ccccc1F. The molecule has 0 bridgehead atoms. The van der Waals surface area contributed by atoms with Crippen LogP contribution in [0, 0.1) is 5.82 Å². The van der Waals surface area contributed by atoms with Gasteiger partial charge in [-0.15, -0.1) is 0 Å². The van der Waals surface area contributed by atoms with Crippen LogP contribution < -0.4 is 10.1 Å². The highest BCUT2D eigenvalue weighted by atomic mass is 19.3. The summed E-state index contributed by atoms with van der Waals surface area (Å²) in [5, 5.41) is 3.10. The highest BCUT2D eigenvalue weighted by molar-refractivity contribution is 5.33. The van der Waals surface area contributed by atoms with Crippen molar-refractivity contribution in [2.45, 2.75) is 26.1 Å². The van der Waals surface area contributed by atoms with Crippen molar-refractivity contribution in [3.63, 3.8) is 0 Å². The van der Waals surface area contributed by atoms with E-state index in [1.165, 1.54) is 12.1 Å². The van der Waals surface area contributed by atoms with E-state index in [0.29, 0.717) is 17.7 Å². The monoisotopic (exact) mass is 295 g/mol. The van der Waals surface area contributed by atoms with Gasteiger partial charge in [0.15, 0.2) is 0 Å². The second-order valence-electron chi connectivity index (χ2n) is 4.61. The Kier molecular flexibility index (Phi) is 5.22. The van der Waals surface area contributed by atoms with Gasteiger partial charge in [-0.05, 0) is 19.1 Å². The lowest BCUT2D eigenvalue weighted by atomic mass is 10.1. The maximum atomic E-state index is 13.7. The average Bonchev–Trinajstić information content (AvgIpc) is 2.46. The maximum Gasteiger partial charge on any atom is 0.387 e. The van der Waals surface area contributed by atoms with Crippen molar-refractivity contribution in [1.29, 1.82) is 0 Å². The predicted octanol–water partition coefficient (Wildman–Crippen LogP) is 4.28. The lowest BCUT2D eigenvalue weighted by Gasteiger charge is -2.16. The molecule has 1 atom stereocenters. The molecule has 0 unspecified atom stereocenters. The molecule has 0 aliphatic rings. The molecule has 0 aromatic heterocycles. The number of ether oxygens (including phenoxy) is 1. The number of nitrogens with one attached hydrogen (secondary N) is 1. The highest BCUT2D eigenvalue weighted by Crippen LogP contribution is 2.22. The third-order valence-electron chi connectivity index (χ3n) is 3.16. The zero-order valence-electron chi connectivity index (χ0n) is 11.5. The van der Waals surface area contributed by atoms with Crippen LogP contribution in [0.25, 0.3) is 0 Å². The second-order valence-corrected chi connectivity index (χ2v) is 4.61. The average molecular weight is 295 g/mol. The van der Waals surface area contributed by atoms with Gasteiger partial charge in [-0.25, -0.2) is 4.39 Å². The van der Waals surface area contributed by atoms with Crippen LogP contribution in [0.1, 0.15) is 24.1 Å². The standard InChI is InChI=1S/C16H16F3NO/c1-11(13-7-3-4-8-14(13)17)20-10-12-6-2-5-9-15(12)21-16(18)19/h2-9,11,16,20H,10H2,1H3/t11-/m1/s1. The molecule has 0 radical (unpaired) electrons. The Labute approximate surface area is 121 Å². The van der Waals surface area contributed by atoms with Crippen LogP contribution in [0.5, 0.6) is 5.75 Å². The van der Waals surface area contributed by atoms with Crippen molar-refractivity contribution in [2.24, 2.45) is 0 Å².